The van der Waals surface area contributed by atoms with Crippen LogP contribution in [0.25, 0.3) is 0 Å². The Morgan fingerprint density at radius 2 is 2.23 bits per heavy atom. The molecule has 22 heavy (non-hydrogen) atoms. The molecule has 2 aliphatic heterocycles. The Morgan fingerprint density at radius 3 is 3.05 bits per heavy atom. The highest BCUT2D eigenvalue weighted by Gasteiger charge is 2.37. The number of para-hydroxylation sites is 1. The highest BCUT2D eigenvalue weighted by Crippen LogP contribution is 2.35. The fraction of sp³-hybridized carbons (Fsp3) is 0.412. The minimum Gasteiger partial charge on any atom is -0.480 e. The van der Waals surface area contributed by atoms with Crippen molar-refractivity contribution < 1.29 is 9.53 Å². The van der Waals surface area contributed by atoms with E-state index in [-0.39, 0.29) is 18.1 Å². The van der Waals surface area contributed by atoms with Crippen LogP contribution in [0.1, 0.15) is 35.9 Å². The predicted octanol–water partition coefficient (Wildman–Crippen LogP) is 3.20. The van der Waals surface area contributed by atoms with E-state index in [4.69, 9.17) is 4.74 Å². The van der Waals surface area contributed by atoms with Gasteiger partial charge in [0.1, 0.15) is 10.8 Å². The third-order valence-electron chi connectivity index (χ3n) is 4.44. The molecule has 1 aromatic heterocycles. The van der Waals surface area contributed by atoms with E-state index in [1.54, 1.807) is 11.3 Å². The first-order valence-electron chi connectivity index (χ1n) is 7.77. The fourth-order valence-corrected chi connectivity index (χ4v) is 4.14. The van der Waals surface area contributed by atoms with Crippen LogP contribution in [-0.2, 0) is 11.2 Å². The second-order valence-electron chi connectivity index (χ2n) is 5.83. The van der Waals surface area contributed by atoms with Gasteiger partial charge in [-0.05, 0) is 30.9 Å². The molecule has 1 saturated heterocycles. The molecule has 5 heteroatoms. The molecule has 0 radical (unpaired) electrons. The Labute approximate surface area is 133 Å². The van der Waals surface area contributed by atoms with Crippen molar-refractivity contribution >= 4 is 17.2 Å². The number of carbonyl (C=O) groups excluding carboxylic acids is 1. The van der Waals surface area contributed by atoms with E-state index in [0.717, 1.165) is 42.1 Å². The van der Waals surface area contributed by atoms with Gasteiger partial charge in [-0.3, -0.25) is 4.79 Å². The molecule has 2 aliphatic rings. The lowest BCUT2D eigenvalue weighted by atomic mass is 10.0. The number of fused-ring (bicyclic) bond motifs is 1. The van der Waals surface area contributed by atoms with E-state index < -0.39 is 0 Å². The summed E-state index contributed by atoms with van der Waals surface area (Å²) in [5.41, 5.74) is 1.13. The van der Waals surface area contributed by atoms with Gasteiger partial charge >= 0.3 is 0 Å². The molecule has 4 rings (SSSR count). The fourth-order valence-electron chi connectivity index (χ4n) is 3.36. The highest BCUT2D eigenvalue weighted by atomic mass is 32.1. The van der Waals surface area contributed by atoms with E-state index in [9.17, 15) is 4.79 Å². The number of aromatic nitrogens is 1. The van der Waals surface area contributed by atoms with Crippen LogP contribution in [0.5, 0.6) is 5.75 Å². The number of rotatable bonds is 2. The van der Waals surface area contributed by atoms with Gasteiger partial charge in [-0.25, -0.2) is 4.98 Å². The summed E-state index contributed by atoms with van der Waals surface area (Å²) in [7, 11) is 0. The standard InChI is InChI=1S/C17H18N2O2S/c20-17(15-11-12-5-1-2-7-14(12)21-15)19-9-4-3-6-13(19)16-18-8-10-22-16/h1-2,5,7-8,10,13,15H,3-4,6,9,11H2/t13-,15-/m0/s1. The van der Waals surface area contributed by atoms with Crippen molar-refractivity contribution in [2.24, 2.45) is 0 Å². The number of likely N-dealkylation sites (tertiary alicyclic amines) is 1. The number of ether oxygens (including phenoxy) is 1. The van der Waals surface area contributed by atoms with E-state index in [0.29, 0.717) is 6.42 Å². The van der Waals surface area contributed by atoms with Crippen molar-refractivity contribution in [2.75, 3.05) is 6.54 Å². The summed E-state index contributed by atoms with van der Waals surface area (Å²) in [5.74, 6) is 0.958. The van der Waals surface area contributed by atoms with Crippen LogP contribution in [0.2, 0.25) is 0 Å². The third kappa shape index (κ3) is 2.39. The number of hydrogen-bond donors (Lipinski definition) is 0. The zero-order valence-electron chi connectivity index (χ0n) is 12.3. The Bertz CT molecular complexity index is 646. The average Bonchev–Trinajstić information content (AvgIpc) is 3.23. The number of thiazole rings is 1. The maximum Gasteiger partial charge on any atom is 0.264 e. The molecule has 4 nitrogen and oxygen atoms in total. The van der Waals surface area contributed by atoms with Crippen LogP contribution < -0.4 is 4.74 Å². The summed E-state index contributed by atoms with van der Waals surface area (Å²) >= 11 is 1.63. The van der Waals surface area contributed by atoms with Gasteiger partial charge < -0.3 is 9.64 Å². The number of nitrogens with zero attached hydrogens (tertiary/aromatic N) is 2. The first kappa shape index (κ1) is 13.8. The molecular weight excluding hydrogens is 296 g/mol. The quantitative estimate of drug-likeness (QED) is 0.855. The molecule has 3 heterocycles. The molecule has 1 fully saturated rings. The summed E-state index contributed by atoms with van der Waals surface area (Å²) in [6.07, 6.45) is 5.33. The molecule has 2 aromatic rings. The Morgan fingerprint density at radius 1 is 1.32 bits per heavy atom. The summed E-state index contributed by atoms with van der Waals surface area (Å²) in [6, 6.07) is 8.04. The smallest absolute Gasteiger partial charge is 0.264 e. The van der Waals surface area contributed by atoms with Gasteiger partial charge in [-0.15, -0.1) is 11.3 Å². The van der Waals surface area contributed by atoms with Crippen molar-refractivity contribution in [3.63, 3.8) is 0 Å². The number of benzene rings is 1. The lowest BCUT2D eigenvalue weighted by Crippen LogP contribution is -2.45. The van der Waals surface area contributed by atoms with E-state index in [2.05, 4.69) is 4.98 Å². The third-order valence-corrected chi connectivity index (χ3v) is 5.32. The van der Waals surface area contributed by atoms with Crippen LogP contribution in [0.15, 0.2) is 35.8 Å². The maximum absolute atomic E-state index is 13.0. The predicted molar refractivity (Wildman–Crippen MR) is 85.0 cm³/mol. The van der Waals surface area contributed by atoms with Gasteiger partial charge in [0.2, 0.25) is 0 Å². The minimum atomic E-state index is -0.377. The maximum atomic E-state index is 13.0. The molecule has 0 aliphatic carbocycles. The molecule has 1 amide bonds. The molecule has 0 bridgehead atoms. The SMILES string of the molecule is O=C([C@@H]1Cc2ccccc2O1)N1CCCC[C@H]1c1nccs1. The van der Waals surface area contributed by atoms with Gasteiger partial charge in [0.15, 0.2) is 6.10 Å². The first-order valence-corrected chi connectivity index (χ1v) is 8.65. The van der Waals surface area contributed by atoms with Gasteiger partial charge in [0.05, 0.1) is 6.04 Å². The molecule has 0 saturated carbocycles. The van der Waals surface area contributed by atoms with Crippen LogP contribution in [0, 0.1) is 0 Å². The van der Waals surface area contributed by atoms with Gasteiger partial charge in [-0.1, -0.05) is 18.2 Å². The van der Waals surface area contributed by atoms with Crippen LogP contribution >= 0.6 is 11.3 Å². The second kappa shape index (κ2) is 5.72. The topological polar surface area (TPSA) is 42.4 Å². The minimum absolute atomic E-state index is 0.108. The van der Waals surface area contributed by atoms with Gasteiger partial charge in [0.25, 0.3) is 5.91 Å². The van der Waals surface area contributed by atoms with E-state index in [1.807, 2.05) is 40.7 Å². The van der Waals surface area contributed by atoms with Crippen LogP contribution in [0.3, 0.4) is 0 Å². The average molecular weight is 314 g/mol. The number of amides is 1. The lowest BCUT2D eigenvalue weighted by Gasteiger charge is -2.35. The summed E-state index contributed by atoms with van der Waals surface area (Å²) < 4.78 is 5.88. The normalized spacial score (nSPS) is 23.9. The number of hydrogen-bond acceptors (Lipinski definition) is 4. The van der Waals surface area contributed by atoms with Gasteiger partial charge in [-0.2, -0.15) is 0 Å². The summed E-state index contributed by atoms with van der Waals surface area (Å²) in [5, 5.41) is 3.03. The molecule has 0 unspecified atom stereocenters. The van der Waals surface area contributed by atoms with Gasteiger partial charge in [0, 0.05) is 24.5 Å². The second-order valence-corrected chi connectivity index (χ2v) is 6.76. The molecule has 0 N–H and O–H groups in total. The molecular formula is C17H18N2O2S. The zero-order valence-corrected chi connectivity index (χ0v) is 13.1. The molecule has 1 aromatic carbocycles. The van der Waals surface area contributed by atoms with Crippen LogP contribution in [0.4, 0.5) is 0 Å². The zero-order chi connectivity index (χ0) is 14.9. The van der Waals surface area contributed by atoms with Crippen molar-refractivity contribution in [1.29, 1.82) is 0 Å². The number of piperidine rings is 1. The van der Waals surface area contributed by atoms with Crippen LogP contribution in [-0.4, -0.2) is 28.4 Å². The first-order chi connectivity index (χ1) is 10.8. The van der Waals surface area contributed by atoms with Crippen molar-refractivity contribution in [2.45, 2.75) is 37.8 Å². The largest absolute Gasteiger partial charge is 0.480 e. The Balaban J connectivity index is 1.54. The summed E-state index contributed by atoms with van der Waals surface area (Å²) in [6.45, 7) is 0.805. The van der Waals surface area contributed by atoms with E-state index >= 15 is 0 Å². The molecule has 114 valence electrons. The molecule has 2 atom stereocenters. The number of carbonyl (C=O) groups is 1. The Kier molecular flexibility index (Phi) is 3.58. The van der Waals surface area contributed by atoms with E-state index in [1.165, 1.54) is 0 Å². The molecule has 0 spiro atoms. The van der Waals surface area contributed by atoms with Crippen molar-refractivity contribution in [1.82, 2.24) is 9.88 Å². The van der Waals surface area contributed by atoms with Crippen molar-refractivity contribution in [3.05, 3.63) is 46.4 Å². The monoisotopic (exact) mass is 314 g/mol. The van der Waals surface area contributed by atoms with Crippen molar-refractivity contribution in [3.8, 4) is 5.75 Å². The highest BCUT2D eigenvalue weighted by molar-refractivity contribution is 7.09. The Hall–Kier alpha value is -1.88. The summed E-state index contributed by atoms with van der Waals surface area (Å²) in [4.78, 5) is 19.4. The lowest BCUT2D eigenvalue weighted by molar-refractivity contribution is -0.142.